The van der Waals surface area contributed by atoms with E-state index in [1.807, 2.05) is 4.90 Å². The second-order valence-electron chi connectivity index (χ2n) is 6.43. The van der Waals surface area contributed by atoms with Crippen molar-refractivity contribution in [1.82, 2.24) is 10.2 Å². The molecule has 3 nitrogen and oxygen atoms in total. The van der Waals surface area contributed by atoms with Gasteiger partial charge in [0.1, 0.15) is 5.82 Å². The normalized spacial score (nSPS) is 22.6. The molecule has 2 unspecified atom stereocenters. The molecule has 0 spiro atoms. The zero-order valence-electron chi connectivity index (χ0n) is 13.1. The Morgan fingerprint density at radius 3 is 2.67 bits per heavy atom. The van der Waals surface area contributed by atoms with Crippen LogP contribution >= 0.6 is 0 Å². The first-order valence-corrected chi connectivity index (χ1v) is 7.73. The summed E-state index contributed by atoms with van der Waals surface area (Å²) in [6.45, 7) is 8.07. The summed E-state index contributed by atoms with van der Waals surface area (Å²) in [4.78, 5) is 14.5. The highest BCUT2D eigenvalue weighted by molar-refractivity contribution is 5.79. The predicted octanol–water partition coefficient (Wildman–Crippen LogP) is 2.60. The van der Waals surface area contributed by atoms with Crippen LogP contribution in [0.15, 0.2) is 24.3 Å². The number of nitrogens with one attached hydrogen (secondary N) is 1. The SMILES string of the molecule is CC(C)CC1CN(C(=O)Cc2ccc(F)cc2)C(C)CN1. The Labute approximate surface area is 126 Å². The second-order valence-corrected chi connectivity index (χ2v) is 6.43. The van der Waals surface area contributed by atoms with Gasteiger partial charge in [-0.25, -0.2) is 4.39 Å². The van der Waals surface area contributed by atoms with Gasteiger partial charge in [-0.05, 0) is 37.0 Å². The van der Waals surface area contributed by atoms with Gasteiger partial charge in [0.25, 0.3) is 0 Å². The third-order valence-electron chi connectivity index (χ3n) is 4.00. The highest BCUT2D eigenvalue weighted by Gasteiger charge is 2.28. The fourth-order valence-electron chi connectivity index (χ4n) is 2.88. The summed E-state index contributed by atoms with van der Waals surface area (Å²) in [6.07, 6.45) is 1.42. The van der Waals surface area contributed by atoms with E-state index in [9.17, 15) is 9.18 Å². The van der Waals surface area contributed by atoms with Gasteiger partial charge in [-0.2, -0.15) is 0 Å². The van der Waals surface area contributed by atoms with Crippen molar-refractivity contribution in [1.29, 1.82) is 0 Å². The molecule has 1 fully saturated rings. The number of hydrogen-bond donors (Lipinski definition) is 1. The molecule has 1 aliphatic rings. The summed E-state index contributed by atoms with van der Waals surface area (Å²) < 4.78 is 12.9. The van der Waals surface area contributed by atoms with Crippen molar-refractivity contribution in [2.24, 2.45) is 5.92 Å². The molecule has 1 aromatic carbocycles. The van der Waals surface area contributed by atoms with Crippen LogP contribution in [0.25, 0.3) is 0 Å². The van der Waals surface area contributed by atoms with E-state index in [1.54, 1.807) is 12.1 Å². The van der Waals surface area contributed by atoms with Gasteiger partial charge in [-0.3, -0.25) is 4.79 Å². The fourth-order valence-corrected chi connectivity index (χ4v) is 2.88. The van der Waals surface area contributed by atoms with Crippen molar-refractivity contribution < 1.29 is 9.18 Å². The van der Waals surface area contributed by atoms with Crippen LogP contribution in [0.2, 0.25) is 0 Å². The molecule has 2 rings (SSSR count). The molecule has 1 heterocycles. The van der Waals surface area contributed by atoms with Gasteiger partial charge in [0.2, 0.25) is 5.91 Å². The average molecular weight is 292 g/mol. The minimum absolute atomic E-state index is 0.129. The quantitative estimate of drug-likeness (QED) is 0.925. The monoisotopic (exact) mass is 292 g/mol. The molecule has 0 saturated carbocycles. The first kappa shape index (κ1) is 16.0. The van der Waals surface area contributed by atoms with Crippen LogP contribution in [0.4, 0.5) is 4.39 Å². The van der Waals surface area contributed by atoms with Gasteiger partial charge >= 0.3 is 0 Å². The van der Waals surface area contributed by atoms with E-state index in [-0.39, 0.29) is 17.8 Å². The first-order chi connectivity index (χ1) is 9.95. The molecule has 1 aromatic rings. The van der Waals surface area contributed by atoms with Crippen molar-refractivity contribution in [2.75, 3.05) is 13.1 Å². The standard InChI is InChI=1S/C17H25FN2O/c1-12(2)8-16-11-20(13(3)10-19-16)17(21)9-14-4-6-15(18)7-5-14/h4-7,12-13,16,19H,8-11H2,1-3H3. The minimum atomic E-state index is -0.265. The number of halogens is 1. The molecule has 1 amide bonds. The lowest BCUT2D eigenvalue weighted by atomic mass is 9.99. The van der Waals surface area contributed by atoms with Crippen molar-refractivity contribution in [2.45, 2.75) is 45.7 Å². The summed E-state index contributed by atoms with van der Waals surface area (Å²) in [5.41, 5.74) is 0.868. The van der Waals surface area contributed by atoms with Crippen molar-refractivity contribution in [3.8, 4) is 0 Å². The summed E-state index contributed by atoms with van der Waals surface area (Å²) in [7, 11) is 0. The van der Waals surface area contributed by atoms with E-state index in [0.717, 1.165) is 25.1 Å². The van der Waals surface area contributed by atoms with Crippen molar-refractivity contribution in [3.63, 3.8) is 0 Å². The van der Waals surface area contributed by atoms with E-state index in [0.29, 0.717) is 18.4 Å². The topological polar surface area (TPSA) is 32.3 Å². The maximum Gasteiger partial charge on any atom is 0.227 e. The van der Waals surface area contributed by atoms with Gasteiger partial charge in [-0.1, -0.05) is 26.0 Å². The van der Waals surface area contributed by atoms with Crippen LogP contribution in [-0.4, -0.2) is 36.0 Å². The Balaban J connectivity index is 1.97. The largest absolute Gasteiger partial charge is 0.337 e. The van der Waals surface area contributed by atoms with Gasteiger partial charge < -0.3 is 10.2 Å². The molecule has 1 saturated heterocycles. The Kier molecular flexibility index (Phi) is 5.34. The summed E-state index contributed by atoms with van der Waals surface area (Å²) >= 11 is 0. The number of nitrogens with zero attached hydrogens (tertiary/aromatic N) is 1. The molecule has 116 valence electrons. The Bertz CT molecular complexity index is 472. The van der Waals surface area contributed by atoms with Crippen LogP contribution in [0.1, 0.15) is 32.8 Å². The number of piperazine rings is 1. The first-order valence-electron chi connectivity index (χ1n) is 7.73. The molecule has 2 atom stereocenters. The van der Waals surface area contributed by atoms with Gasteiger partial charge in [-0.15, -0.1) is 0 Å². The van der Waals surface area contributed by atoms with E-state index in [2.05, 4.69) is 26.1 Å². The van der Waals surface area contributed by atoms with Crippen LogP contribution in [0, 0.1) is 11.7 Å². The summed E-state index contributed by atoms with van der Waals surface area (Å²) in [5.74, 6) is 0.480. The van der Waals surface area contributed by atoms with Crippen LogP contribution in [0.3, 0.4) is 0 Å². The number of hydrogen-bond acceptors (Lipinski definition) is 2. The average Bonchev–Trinajstić information content (AvgIpc) is 2.43. The van der Waals surface area contributed by atoms with Crippen molar-refractivity contribution in [3.05, 3.63) is 35.6 Å². The van der Waals surface area contributed by atoms with E-state index < -0.39 is 0 Å². The lowest BCUT2D eigenvalue weighted by Crippen LogP contribution is -2.57. The molecule has 0 aliphatic carbocycles. The maximum absolute atomic E-state index is 12.9. The molecule has 1 aliphatic heterocycles. The molecular weight excluding hydrogens is 267 g/mol. The van der Waals surface area contributed by atoms with E-state index in [1.165, 1.54) is 12.1 Å². The number of carbonyl (C=O) groups excluding carboxylic acids is 1. The smallest absolute Gasteiger partial charge is 0.227 e. The lowest BCUT2D eigenvalue weighted by molar-refractivity contribution is -0.134. The van der Waals surface area contributed by atoms with E-state index >= 15 is 0 Å². The number of carbonyl (C=O) groups is 1. The second kappa shape index (κ2) is 7.03. The highest BCUT2D eigenvalue weighted by atomic mass is 19.1. The summed E-state index contributed by atoms with van der Waals surface area (Å²) in [6, 6.07) is 6.77. The maximum atomic E-state index is 12.9. The fraction of sp³-hybridized carbons (Fsp3) is 0.588. The zero-order valence-corrected chi connectivity index (χ0v) is 13.1. The zero-order chi connectivity index (χ0) is 15.4. The summed E-state index contributed by atoms with van der Waals surface area (Å²) in [5, 5.41) is 3.51. The number of amides is 1. The molecule has 0 bridgehead atoms. The van der Waals surface area contributed by atoms with Crippen molar-refractivity contribution >= 4 is 5.91 Å². The molecule has 1 N–H and O–H groups in total. The lowest BCUT2D eigenvalue weighted by Gasteiger charge is -2.39. The Morgan fingerprint density at radius 1 is 1.38 bits per heavy atom. The van der Waals surface area contributed by atoms with Crippen LogP contribution < -0.4 is 5.32 Å². The Hall–Kier alpha value is -1.42. The third-order valence-corrected chi connectivity index (χ3v) is 4.00. The number of benzene rings is 1. The molecule has 21 heavy (non-hydrogen) atoms. The van der Waals surface area contributed by atoms with Crippen LogP contribution in [-0.2, 0) is 11.2 Å². The number of rotatable bonds is 4. The molecular formula is C17H25FN2O. The van der Waals surface area contributed by atoms with Gasteiger partial charge in [0, 0.05) is 25.2 Å². The molecule has 0 radical (unpaired) electrons. The predicted molar refractivity (Wildman–Crippen MR) is 82.5 cm³/mol. The molecule has 4 heteroatoms. The van der Waals surface area contributed by atoms with Gasteiger partial charge in [0.15, 0.2) is 0 Å². The Morgan fingerprint density at radius 2 is 2.05 bits per heavy atom. The highest BCUT2D eigenvalue weighted by Crippen LogP contribution is 2.15. The van der Waals surface area contributed by atoms with Gasteiger partial charge in [0.05, 0.1) is 6.42 Å². The third kappa shape index (κ3) is 4.53. The molecule has 0 aromatic heterocycles. The van der Waals surface area contributed by atoms with Crippen LogP contribution in [0.5, 0.6) is 0 Å². The van der Waals surface area contributed by atoms with E-state index in [4.69, 9.17) is 0 Å². The minimum Gasteiger partial charge on any atom is -0.337 e.